The Kier molecular flexibility index (Phi) is 3.65. The van der Waals surface area contributed by atoms with Crippen LogP contribution >= 0.6 is 15.9 Å². The minimum Gasteiger partial charge on any atom is -0.282 e. The van der Waals surface area contributed by atoms with E-state index in [1.54, 1.807) is 12.1 Å². The van der Waals surface area contributed by atoms with Crippen molar-refractivity contribution < 1.29 is 16.8 Å². The van der Waals surface area contributed by atoms with Crippen LogP contribution in [0, 0.1) is 0 Å². The zero-order chi connectivity index (χ0) is 13.4. The fourth-order valence-electron chi connectivity index (χ4n) is 1.69. The maximum absolute atomic E-state index is 12.0. The SMILES string of the molecule is O=S1(=O)CCC(S(=O)(=O)Nc2ccc(Br)nc2)C1. The van der Waals surface area contributed by atoms with E-state index < -0.39 is 25.1 Å². The van der Waals surface area contributed by atoms with E-state index in [2.05, 4.69) is 25.6 Å². The Balaban J connectivity index is 2.15. The highest BCUT2D eigenvalue weighted by Crippen LogP contribution is 2.21. The summed E-state index contributed by atoms with van der Waals surface area (Å²) in [6.45, 7) is 0. The molecule has 1 saturated heterocycles. The van der Waals surface area contributed by atoms with Crippen LogP contribution in [0.1, 0.15) is 6.42 Å². The molecule has 9 heteroatoms. The first kappa shape index (κ1) is 13.8. The lowest BCUT2D eigenvalue weighted by atomic mass is 10.4. The van der Waals surface area contributed by atoms with Crippen molar-refractivity contribution in [3.8, 4) is 0 Å². The maximum atomic E-state index is 12.0. The van der Waals surface area contributed by atoms with Gasteiger partial charge in [-0.15, -0.1) is 0 Å². The lowest BCUT2D eigenvalue weighted by Gasteiger charge is -2.12. The molecule has 0 aliphatic carbocycles. The Morgan fingerprint density at radius 1 is 1.39 bits per heavy atom. The molecule has 1 atom stereocenters. The van der Waals surface area contributed by atoms with Crippen molar-refractivity contribution in [1.29, 1.82) is 0 Å². The molecule has 100 valence electrons. The van der Waals surface area contributed by atoms with E-state index in [0.29, 0.717) is 10.3 Å². The second kappa shape index (κ2) is 4.78. The third-order valence-electron chi connectivity index (χ3n) is 2.62. The number of nitrogens with one attached hydrogen (secondary N) is 1. The summed E-state index contributed by atoms with van der Waals surface area (Å²) in [5.41, 5.74) is 0.322. The van der Waals surface area contributed by atoms with Crippen molar-refractivity contribution >= 4 is 41.5 Å². The summed E-state index contributed by atoms with van der Waals surface area (Å²) in [4.78, 5) is 3.89. The lowest BCUT2D eigenvalue weighted by molar-refractivity contribution is 0.587. The first-order chi connectivity index (χ1) is 8.28. The molecular formula is C9H11BrN2O4S2. The monoisotopic (exact) mass is 354 g/mol. The Morgan fingerprint density at radius 3 is 2.61 bits per heavy atom. The van der Waals surface area contributed by atoms with Gasteiger partial charge in [0.05, 0.1) is 28.6 Å². The predicted octanol–water partition coefficient (Wildman–Crippen LogP) is 0.773. The number of rotatable bonds is 3. The Hall–Kier alpha value is -0.670. The molecule has 0 amide bonds. The third kappa shape index (κ3) is 3.21. The number of hydrogen-bond donors (Lipinski definition) is 1. The molecule has 1 unspecified atom stereocenters. The molecule has 0 radical (unpaired) electrons. The molecule has 6 nitrogen and oxygen atoms in total. The fourth-order valence-corrected chi connectivity index (χ4v) is 6.00. The predicted molar refractivity (Wildman–Crippen MR) is 71.5 cm³/mol. The van der Waals surface area contributed by atoms with Gasteiger partial charge in [-0.3, -0.25) is 4.72 Å². The fraction of sp³-hybridized carbons (Fsp3) is 0.444. The highest BCUT2D eigenvalue weighted by molar-refractivity contribution is 9.10. The normalized spacial score (nSPS) is 22.8. The molecule has 1 aromatic heterocycles. The molecule has 2 heterocycles. The van der Waals surface area contributed by atoms with Gasteiger partial charge in [0, 0.05) is 0 Å². The minimum atomic E-state index is -3.68. The van der Waals surface area contributed by atoms with Crippen LogP contribution in [0.2, 0.25) is 0 Å². The summed E-state index contributed by atoms with van der Waals surface area (Å²) >= 11 is 3.14. The molecule has 2 rings (SSSR count). The van der Waals surface area contributed by atoms with Crippen molar-refractivity contribution in [2.45, 2.75) is 11.7 Å². The van der Waals surface area contributed by atoms with Crippen LogP contribution in [0.3, 0.4) is 0 Å². The van der Waals surface area contributed by atoms with Gasteiger partial charge >= 0.3 is 0 Å². The first-order valence-electron chi connectivity index (χ1n) is 5.12. The van der Waals surface area contributed by atoms with Crippen LogP contribution < -0.4 is 4.72 Å². The van der Waals surface area contributed by atoms with Gasteiger partial charge < -0.3 is 0 Å². The van der Waals surface area contributed by atoms with Gasteiger partial charge in [0.15, 0.2) is 9.84 Å². The summed E-state index contributed by atoms with van der Waals surface area (Å²) in [6, 6.07) is 3.15. The number of pyridine rings is 1. The molecule has 1 aliphatic rings. The van der Waals surface area contributed by atoms with Gasteiger partial charge in [0.25, 0.3) is 0 Å². The van der Waals surface area contributed by atoms with Crippen LogP contribution in [0.5, 0.6) is 0 Å². The molecule has 0 aromatic carbocycles. The van der Waals surface area contributed by atoms with Gasteiger partial charge in [0.1, 0.15) is 4.60 Å². The number of sulfonamides is 1. The van der Waals surface area contributed by atoms with Gasteiger partial charge in [0.2, 0.25) is 10.0 Å². The van der Waals surface area contributed by atoms with Crippen molar-refractivity contribution in [2.75, 3.05) is 16.2 Å². The maximum Gasteiger partial charge on any atom is 0.236 e. The van der Waals surface area contributed by atoms with Crippen molar-refractivity contribution in [3.63, 3.8) is 0 Å². The summed E-state index contributed by atoms with van der Waals surface area (Å²) in [5.74, 6) is -0.385. The quantitative estimate of drug-likeness (QED) is 0.809. The standard InChI is InChI=1S/C9H11BrN2O4S2/c10-9-2-1-7(5-11-9)12-18(15,16)8-3-4-17(13,14)6-8/h1-2,5,8,12H,3-4,6H2. The molecule has 0 bridgehead atoms. The summed E-state index contributed by atoms with van der Waals surface area (Å²) < 4.78 is 49.4. The molecule has 1 fully saturated rings. The second-order valence-corrected chi connectivity index (χ2v) is 9.04. The zero-order valence-corrected chi connectivity index (χ0v) is 12.4. The van der Waals surface area contributed by atoms with Crippen molar-refractivity contribution in [1.82, 2.24) is 4.98 Å². The highest BCUT2D eigenvalue weighted by atomic mass is 79.9. The van der Waals surface area contributed by atoms with Gasteiger partial charge in [-0.25, -0.2) is 21.8 Å². The number of anilines is 1. The van der Waals surface area contributed by atoms with Crippen molar-refractivity contribution in [2.24, 2.45) is 0 Å². The number of nitrogens with zero attached hydrogens (tertiary/aromatic N) is 1. The Bertz CT molecular complexity index is 640. The smallest absolute Gasteiger partial charge is 0.236 e. The van der Waals surface area contributed by atoms with Gasteiger partial charge in [-0.2, -0.15) is 0 Å². The number of sulfone groups is 1. The van der Waals surface area contributed by atoms with E-state index in [0.717, 1.165) is 0 Å². The second-order valence-electron chi connectivity index (χ2n) is 4.04. The zero-order valence-electron chi connectivity index (χ0n) is 9.21. The lowest BCUT2D eigenvalue weighted by Crippen LogP contribution is -2.28. The van der Waals surface area contributed by atoms with E-state index in [1.165, 1.54) is 6.20 Å². The minimum absolute atomic E-state index is 0.0723. The van der Waals surface area contributed by atoms with Crippen LogP contribution in [0.25, 0.3) is 0 Å². The van der Waals surface area contributed by atoms with Crippen LogP contribution in [0.15, 0.2) is 22.9 Å². The topological polar surface area (TPSA) is 93.2 Å². The Labute approximate surface area is 114 Å². The molecule has 1 aromatic rings. The summed E-state index contributed by atoms with van der Waals surface area (Å²) in [7, 11) is -6.90. The first-order valence-corrected chi connectivity index (χ1v) is 9.28. The van der Waals surface area contributed by atoms with Gasteiger partial charge in [-0.1, -0.05) is 0 Å². The molecule has 0 spiro atoms. The molecule has 0 saturated carbocycles. The third-order valence-corrected chi connectivity index (χ3v) is 6.87. The van der Waals surface area contributed by atoms with Crippen molar-refractivity contribution in [3.05, 3.63) is 22.9 Å². The molecular weight excluding hydrogens is 344 g/mol. The molecule has 18 heavy (non-hydrogen) atoms. The largest absolute Gasteiger partial charge is 0.282 e. The number of aromatic nitrogens is 1. The molecule has 1 aliphatic heterocycles. The van der Waals surface area contributed by atoms with Crippen LogP contribution in [-0.2, 0) is 19.9 Å². The Morgan fingerprint density at radius 2 is 2.11 bits per heavy atom. The van der Waals surface area contributed by atoms with E-state index in [4.69, 9.17) is 0 Å². The van der Waals surface area contributed by atoms with E-state index in [9.17, 15) is 16.8 Å². The highest BCUT2D eigenvalue weighted by Gasteiger charge is 2.37. The van der Waals surface area contributed by atoms with Crippen LogP contribution in [-0.4, -0.2) is 38.6 Å². The average Bonchev–Trinajstić information content (AvgIpc) is 2.63. The summed E-state index contributed by atoms with van der Waals surface area (Å²) in [5, 5.41) is -0.883. The van der Waals surface area contributed by atoms with E-state index >= 15 is 0 Å². The van der Waals surface area contributed by atoms with E-state index in [1.807, 2.05) is 0 Å². The van der Waals surface area contributed by atoms with E-state index in [-0.39, 0.29) is 17.9 Å². The molecule has 1 N–H and O–H groups in total. The number of hydrogen-bond acceptors (Lipinski definition) is 5. The number of halogens is 1. The summed E-state index contributed by atoms with van der Waals surface area (Å²) in [6.07, 6.45) is 1.51. The average molecular weight is 355 g/mol. The van der Waals surface area contributed by atoms with Gasteiger partial charge in [-0.05, 0) is 34.5 Å². The van der Waals surface area contributed by atoms with Crippen LogP contribution in [0.4, 0.5) is 5.69 Å².